The fraction of sp³-hybridized carbons (Fsp3) is 0.385. The van der Waals surface area contributed by atoms with Gasteiger partial charge < -0.3 is 9.52 Å². The number of aliphatic hydroxyl groups excluding tert-OH is 1. The molecule has 4 heteroatoms. The van der Waals surface area contributed by atoms with Crippen LogP contribution >= 0.6 is 0 Å². The summed E-state index contributed by atoms with van der Waals surface area (Å²) in [6.45, 7) is 2.14. The molecule has 4 nitrogen and oxygen atoms in total. The molecule has 0 spiro atoms. The maximum absolute atomic E-state index is 8.75. The van der Waals surface area contributed by atoms with Crippen molar-refractivity contribution in [3.63, 3.8) is 0 Å². The van der Waals surface area contributed by atoms with Crippen molar-refractivity contribution in [3.8, 4) is 0 Å². The summed E-state index contributed by atoms with van der Waals surface area (Å²) >= 11 is 0. The molecule has 0 fully saturated rings. The predicted octanol–water partition coefficient (Wildman–Crippen LogP) is 1.70. The third-order valence-electron chi connectivity index (χ3n) is 2.70. The third kappa shape index (κ3) is 3.14. The first kappa shape index (κ1) is 11.8. The van der Waals surface area contributed by atoms with Crippen LogP contribution in [0.2, 0.25) is 0 Å². The molecule has 17 heavy (non-hydrogen) atoms. The van der Waals surface area contributed by atoms with E-state index in [4.69, 9.17) is 9.52 Å². The number of aromatic nitrogens is 2. The summed E-state index contributed by atoms with van der Waals surface area (Å²) in [6.07, 6.45) is 2.06. The van der Waals surface area contributed by atoms with Gasteiger partial charge in [-0.25, -0.2) is 0 Å². The van der Waals surface area contributed by atoms with Crippen molar-refractivity contribution in [2.45, 2.75) is 26.2 Å². The number of hydrogen-bond donors (Lipinski definition) is 1. The van der Waals surface area contributed by atoms with Gasteiger partial charge in [-0.05, 0) is 24.5 Å². The van der Waals surface area contributed by atoms with Gasteiger partial charge in [-0.15, -0.1) is 10.2 Å². The quantitative estimate of drug-likeness (QED) is 0.852. The van der Waals surface area contributed by atoms with E-state index in [1.807, 2.05) is 12.1 Å². The lowest BCUT2D eigenvalue weighted by Gasteiger charge is -2.02. The molecule has 0 aliphatic rings. The van der Waals surface area contributed by atoms with Gasteiger partial charge in [0, 0.05) is 12.8 Å². The standard InChI is InChI=1S/C13H16N2O2/c1-10-4-2-3-5-11(10)6-7-12-14-15-13(17-12)8-9-16/h2-5,16H,6-9H2,1H3. The van der Waals surface area contributed by atoms with Crippen molar-refractivity contribution >= 4 is 0 Å². The topological polar surface area (TPSA) is 59.2 Å². The first-order valence-electron chi connectivity index (χ1n) is 5.76. The number of aliphatic hydroxyl groups is 1. The van der Waals surface area contributed by atoms with Crippen LogP contribution in [0.25, 0.3) is 0 Å². The normalized spacial score (nSPS) is 10.7. The van der Waals surface area contributed by atoms with Gasteiger partial charge in [-0.1, -0.05) is 24.3 Å². The number of nitrogens with zero attached hydrogens (tertiary/aromatic N) is 2. The lowest BCUT2D eigenvalue weighted by molar-refractivity contribution is 0.283. The Morgan fingerprint density at radius 2 is 1.76 bits per heavy atom. The van der Waals surface area contributed by atoms with Crippen LogP contribution in [0.1, 0.15) is 22.9 Å². The summed E-state index contributed by atoms with van der Waals surface area (Å²) in [4.78, 5) is 0. The predicted molar refractivity (Wildman–Crippen MR) is 63.7 cm³/mol. The molecule has 0 saturated carbocycles. The molecule has 1 N–H and O–H groups in total. The van der Waals surface area contributed by atoms with Gasteiger partial charge in [0.2, 0.25) is 11.8 Å². The van der Waals surface area contributed by atoms with Crippen LogP contribution in [0.3, 0.4) is 0 Å². The van der Waals surface area contributed by atoms with Gasteiger partial charge in [-0.2, -0.15) is 0 Å². The van der Waals surface area contributed by atoms with E-state index in [-0.39, 0.29) is 6.61 Å². The van der Waals surface area contributed by atoms with Crippen LogP contribution in [0.15, 0.2) is 28.7 Å². The molecule has 0 radical (unpaired) electrons. The Morgan fingerprint density at radius 1 is 1.06 bits per heavy atom. The molecule has 90 valence electrons. The van der Waals surface area contributed by atoms with E-state index in [2.05, 4.69) is 29.3 Å². The fourth-order valence-corrected chi connectivity index (χ4v) is 1.72. The zero-order valence-corrected chi connectivity index (χ0v) is 9.89. The van der Waals surface area contributed by atoms with E-state index >= 15 is 0 Å². The van der Waals surface area contributed by atoms with Gasteiger partial charge in [0.25, 0.3) is 0 Å². The van der Waals surface area contributed by atoms with Crippen molar-refractivity contribution in [2.75, 3.05) is 6.61 Å². The lowest BCUT2D eigenvalue weighted by atomic mass is 10.0. The van der Waals surface area contributed by atoms with Crippen LogP contribution in [0.4, 0.5) is 0 Å². The van der Waals surface area contributed by atoms with E-state index in [1.165, 1.54) is 11.1 Å². The average Bonchev–Trinajstić information content (AvgIpc) is 2.76. The fourth-order valence-electron chi connectivity index (χ4n) is 1.72. The highest BCUT2D eigenvalue weighted by atomic mass is 16.4. The van der Waals surface area contributed by atoms with E-state index < -0.39 is 0 Å². The SMILES string of the molecule is Cc1ccccc1CCc1nnc(CCO)o1. The highest BCUT2D eigenvalue weighted by Gasteiger charge is 2.06. The van der Waals surface area contributed by atoms with Gasteiger partial charge in [-0.3, -0.25) is 0 Å². The van der Waals surface area contributed by atoms with Crippen molar-refractivity contribution in [3.05, 3.63) is 47.2 Å². The second kappa shape index (κ2) is 5.59. The van der Waals surface area contributed by atoms with E-state index in [0.717, 1.165) is 12.8 Å². The summed E-state index contributed by atoms with van der Waals surface area (Å²) in [7, 11) is 0. The molecule has 1 heterocycles. The van der Waals surface area contributed by atoms with Crippen molar-refractivity contribution in [1.82, 2.24) is 10.2 Å². The molecule has 0 bridgehead atoms. The molecule has 2 rings (SSSR count). The van der Waals surface area contributed by atoms with Crippen LogP contribution in [-0.4, -0.2) is 21.9 Å². The van der Waals surface area contributed by atoms with Crippen LogP contribution in [0.5, 0.6) is 0 Å². The maximum atomic E-state index is 8.75. The molecule has 1 aromatic heterocycles. The Morgan fingerprint density at radius 3 is 2.47 bits per heavy atom. The molecule has 1 aromatic carbocycles. The zero-order valence-electron chi connectivity index (χ0n) is 9.89. The summed E-state index contributed by atoms with van der Waals surface area (Å²) < 4.78 is 5.40. The summed E-state index contributed by atoms with van der Waals surface area (Å²) in [5.74, 6) is 1.14. The Kier molecular flexibility index (Phi) is 3.88. The average molecular weight is 232 g/mol. The number of hydrogen-bond acceptors (Lipinski definition) is 4. The Bertz CT molecular complexity index is 480. The van der Waals surface area contributed by atoms with E-state index in [1.54, 1.807) is 0 Å². The number of aryl methyl sites for hydroxylation is 3. The van der Waals surface area contributed by atoms with Crippen LogP contribution < -0.4 is 0 Å². The number of rotatable bonds is 5. The highest BCUT2D eigenvalue weighted by molar-refractivity contribution is 5.25. The maximum Gasteiger partial charge on any atom is 0.218 e. The molecule has 0 saturated heterocycles. The van der Waals surface area contributed by atoms with E-state index in [9.17, 15) is 0 Å². The molecule has 0 amide bonds. The summed E-state index contributed by atoms with van der Waals surface area (Å²) in [6, 6.07) is 8.28. The monoisotopic (exact) mass is 232 g/mol. The minimum atomic E-state index is 0.0411. The van der Waals surface area contributed by atoms with Crippen molar-refractivity contribution < 1.29 is 9.52 Å². The molecule has 2 aromatic rings. The minimum absolute atomic E-state index is 0.0411. The minimum Gasteiger partial charge on any atom is -0.425 e. The number of benzene rings is 1. The van der Waals surface area contributed by atoms with Crippen molar-refractivity contribution in [2.24, 2.45) is 0 Å². The smallest absolute Gasteiger partial charge is 0.218 e. The van der Waals surface area contributed by atoms with Crippen LogP contribution in [0, 0.1) is 6.92 Å². The van der Waals surface area contributed by atoms with Gasteiger partial charge in [0.15, 0.2) is 0 Å². The molecular weight excluding hydrogens is 216 g/mol. The molecule has 0 atom stereocenters. The summed E-state index contributed by atoms with van der Waals surface area (Å²) in [5, 5.41) is 16.6. The Labute approximate surface area is 100 Å². The first-order chi connectivity index (χ1) is 8.29. The molecule has 0 unspecified atom stereocenters. The van der Waals surface area contributed by atoms with Crippen molar-refractivity contribution in [1.29, 1.82) is 0 Å². The Hall–Kier alpha value is -1.68. The van der Waals surface area contributed by atoms with E-state index in [0.29, 0.717) is 18.2 Å². The second-order valence-electron chi connectivity index (χ2n) is 3.99. The van der Waals surface area contributed by atoms with Gasteiger partial charge >= 0.3 is 0 Å². The Balaban J connectivity index is 1.95. The van der Waals surface area contributed by atoms with Crippen LogP contribution in [-0.2, 0) is 19.3 Å². The second-order valence-corrected chi connectivity index (χ2v) is 3.99. The molecular formula is C13H16N2O2. The zero-order chi connectivity index (χ0) is 12.1. The summed E-state index contributed by atoms with van der Waals surface area (Å²) in [5.41, 5.74) is 2.58. The van der Waals surface area contributed by atoms with Gasteiger partial charge in [0.05, 0.1) is 6.61 Å². The largest absolute Gasteiger partial charge is 0.425 e. The third-order valence-corrected chi connectivity index (χ3v) is 2.70. The first-order valence-corrected chi connectivity index (χ1v) is 5.76. The van der Waals surface area contributed by atoms with Gasteiger partial charge in [0.1, 0.15) is 0 Å². The highest BCUT2D eigenvalue weighted by Crippen LogP contribution is 2.11. The molecule has 0 aliphatic carbocycles. The lowest BCUT2D eigenvalue weighted by Crippen LogP contribution is -1.94. The molecule has 0 aliphatic heterocycles.